The number of halogens is 2. The van der Waals surface area contributed by atoms with Crippen LogP contribution in [0.4, 0.5) is 10.1 Å². The molecule has 0 unspecified atom stereocenters. The van der Waals surface area contributed by atoms with E-state index in [1.807, 2.05) is 0 Å². The van der Waals surface area contributed by atoms with Gasteiger partial charge in [-0.1, -0.05) is 11.6 Å². The number of hydrogen-bond donors (Lipinski definition) is 2. The van der Waals surface area contributed by atoms with Crippen LogP contribution in [0.2, 0.25) is 5.02 Å². The normalized spacial score (nSPS) is 10.3. The Morgan fingerprint density at radius 2 is 2.00 bits per heavy atom. The summed E-state index contributed by atoms with van der Waals surface area (Å²) >= 11 is 5.87. The van der Waals surface area contributed by atoms with E-state index in [4.69, 9.17) is 16.7 Å². The largest absolute Gasteiger partial charge is 0.508 e. The third-order valence-corrected chi connectivity index (χ3v) is 3.05. The molecular weight excluding hydrogens is 269 g/mol. The second kappa shape index (κ2) is 5.28. The van der Waals surface area contributed by atoms with Gasteiger partial charge in [0.15, 0.2) is 0 Å². The standard InChI is InChI=1S/C14H11ClFNO2/c1-8-6-9(2-4-11(8)15)14(19)17-13-5-3-10(18)7-12(13)16/h2-7,18H,1H3,(H,17,19). The third-order valence-electron chi connectivity index (χ3n) is 2.62. The first-order valence-corrected chi connectivity index (χ1v) is 5.91. The van der Waals surface area contributed by atoms with Gasteiger partial charge in [-0.2, -0.15) is 0 Å². The van der Waals surface area contributed by atoms with Crippen molar-refractivity contribution < 1.29 is 14.3 Å². The van der Waals surface area contributed by atoms with E-state index in [0.717, 1.165) is 11.6 Å². The summed E-state index contributed by atoms with van der Waals surface area (Å²) < 4.78 is 13.5. The minimum absolute atomic E-state index is 0.00963. The molecule has 0 aliphatic rings. The SMILES string of the molecule is Cc1cc(C(=O)Nc2ccc(O)cc2F)ccc1Cl. The molecule has 0 saturated heterocycles. The van der Waals surface area contributed by atoms with Gasteiger partial charge in [0, 0.05) is 16.7 Å². The Morgan fingerprint density at radius 1 is 1.26 bits per heavy atom. The van der Waals surface area contributed by atoms with Crippen LogP contribution in [0, 0.1) is 12.7 Å². The molecular formula is C14H11ClFNO2. The smallest absolute Gasteiger partial charge is 0.255 e. The van der Waals surface area contributed by atoms with Crippen LogP contribution < -0.4 is 5.32 Å². The topological polar surface area (TPSA) is 49.3 Å². The average molecular weight is 280 g/mol. The van der Waals surface area contributed by atoms with Crippen LogP contribution in [0.25, 0.3) is 0 Å². The number of nitrogens with one attached hydrogen (secondary N) is 1. The number of phenolic OH excluding ortho intramolecular Hbond substituents is 1. The summed E-state index contributed by atoms with van der Waals surface area (Å²) in [5, 5.41) is 12.1. The minimum atomic E-state index is -0.695. The quantitative estimate of drug-likeness (QED) is 0.823. The van der Waals surface area contributed by atoms with Crippen LogP contribution in [-0.2, 0) is 0 Å². The van der Waals surface area contributed by atoms with Crippen molar-refractivity contribution in [3.05, 3.63) is 58.4 Å². The number of hydrogen-bond acceptors (Lipinski definition) is 2. The van der Waals surface area contributed by atoms with Crippen LogP contribution in [0.5, 0.6) is 5.75 Å². The lowest BCUT2D eigenvalue weighted by Crippen LogP contribution is -2.13. The lowest BCUT2D eigenvalue weighted by Gasteiger charge is -2.07. The van der Waals surface area contributed by atoms with E-state index in [1.54, 1.807) is 25.1 Å². The van der Waals surface area contributed by atoms with Crippen molar-refractivity contribution in [1.29, 1.82) is 0 Å². The highest BCUT2D eigenvalue weighted by Gasteiger charge is 2.10. The predicted octanol–water partition coefficient (Wildman–Crippen LogP) is 3.75. The number of aryl methyl sites for hydroxylation is 1. The van der Waals surface area contributed by atoms with Crippen molar-refractivity contribution in [3.8, 4) is 5.75 Å². The monoisotopic (exact) mass is 279 g/mol. The highest BCUT2D eigenvalue weighted by atomic mass is 35.5. The summed E-state index contributed by atoms with van der Waals surface area (Å²) in [6.45, 7) is 1.78. The highest BCUT2D eigenvalue weighted by molar-refractivity contribution is 6.31. The van der Waals surface area contributed by atoms with E-state index in [-0.39, 0.29) is 11.4 Å². The number of aromatic hydroxyl groups is 1. The van der Waals surface area contributed by atoms with Crippen LogP contribution in [0.15, 0.2) is 36.4 Å². The number of rotatable bonds is 2. The van der Waals surface area contributed by atoms with Crippen LogP contribution in [0.3, 0.4) is 0 Å². The molecule has 1 amide bonds. The summed E-state index contributed by atoms with van der Waals surface area (Å²) in [5.74, 6) is -1.33. The second-order valence-electron chi connectivity index (χ2n) is 4.08. The van der Waals surface area contributed by atoms with E-state index < -0.39 is 11.7 Å². The Kier molecular flexibility index (Phi) is 3.71. The molecule has 0 heterocycles. The number of amides is 1. The molecule has 98 valence electrons. The van der Waals surface area contributed by atoms with E-state index in [2.05, 4.69) is 5.32 Å². The van der Waals surface area contributed by atoms with Crippen molar-refractivity contribution in [3.63, 3.8) is 0 Å². The van der Waals surface area contributed by atoms with Gasteiger partial charge in [-0.3, -0.25) is 4.79 Å². The molecule has 19 heavy (non-hydrogen) atoms. The molecule has 3 nitrogen and oxygen atoms in total. The van der Waals surface area contributed by atoms with Gasteiger partial charge < -0.3 is 10.4 Å². The van der Waals surface area contributed by atoms with E-state index in [1.165, 1.54) is 12.1 Å². The molecule has 2 rings (SSSR count). The molecule has 0 atom stereocenters. The maximum Gasteiger partial charge on any atom is 0.255 e. The molecule has 5 heteroatoms. The number of phenols is 1. The lowest BCUT2D eigenvalue weighted by molar-refractivity contribution is 0.102. The fourth-order valence-corrected chi connectivity index (χ4v) is 1.70. The number of anilines is 1. The van der Waals surface area contributed by atoms with Gasteiger partial charge in [0.25, 0.3) is 5.91 Å². The van der Waals surface area contributed by atoms with E-state index in [9.17, 15) is 9.18 Å². The zero-order valence-electron chi connectivity index (χ0n) is 10.1. The van der Waals surface area contributed by atoms with Crippen molar-refractivity contribution in [2.75, 3.05) is 5.32 Å². The number of benzene rings is 2. The Balaban J connectivity index is 2.23. The molecule has 0 spiro atoms. The molecule has 2 aromatic carbocycles. The van der Waals surface area contributed by atoms with Crippen LogP contribution >= 0.6 is 11.6 Å². The molecule has 2 aromatic rings. The summed E-state index contributed by atoms with van der Waals surface area (Å²) in [6.07, 6.45) is 0. The fraction of sp³-hybridized carbons (Fsp3) is 0.0714. The van der Waals surface area contributed by atoms with Gasteiger partial charge in [-0.05, 0) is 42.8 Å². The third kappa shape index (κ3) is 3.03. The zero-order valence-corrected chi connectivity index (χ0v) is 10.8. The van der Waals surface area contributed by atoms with Crippen molar-refractivity contribution in [2.24, 2.45) is 0 Å². The maximum absolute atomic E-state index is 13.5. The first-order chi connectivity index (χ1) is 8.97. The molecule has 2 N–H and O–H groups in total. The molecule has 0 aliphatic heterocycles. The minimum Gasteiger partial charge on any atom is -0.508 e. The Morgan fingerprint density at radius 3 is 2.63 bits per heavy atom. The van der Waals surface area contributed by atoms with Gasteiger partial charge in [-0.25, -0.2) is 4.39 Å². The highest BCUT2D eigenvalue weighted by Crippen LogP contribution is 2.21. The molecule has 0 aromatic heterocycles. The molecule has 0 fully saturated rings. The van der Waals surface area contributed by atoms with Crippen molar-refractivity contribution in [1.82, 2.24) is 0 Å². The fourth-order valence-electron chi connectivity index (χ4n) is 1.59. The van der Waals surface area contributed by atoms with Gasteiger partial charge >= 0.3 is 0 Å². The average Bonchev–Trinajstić information content (AvgIpc) is 2.36. The number of carbonyl (C=O) groups excluding carboxylic acids is 1. The van der Waals surface area contributed by atoms with Gasteiger partial charge in [0.05, 0.1) is 5.69 Å². The van der Waals surface area contributed by atoms with E-state index in [0.29, 0.717) is 10.6 Å². The summed E-state index contributed by atoms with van der Waals surface area (Å²) in [5.41, 5.74) is 1.16. The first-order valence-electron chi connectivity index (χ1n) is 5.53. The number of carbonyl (C=O) groups is 1. The molecule has 0 bridgehead atoms. The summed E-state index contributed by atoms with van der Waals surface area (Å²) in [6, 6.07) is 8.32. The molecule has 0 radical (unpaired) electrons. The summed E-state index contributed by atoms with van der Waals surface area (Å²) in [7, 11) is 0. The van der Waals surface area contributed by atoms with E-state index >= 15 is 0 Å². The Hall–Kier alpha value is -2.07. The Labute approximate surface area is 114 Å². The van der Waals surface area contributed by atoms with Crippen LogP contribution in [0.1, 0.15) is 15.9 Å². The van der Waals surface area contributed by atoms with Gasteiger partial charge in [-0.15, -0.1) is 0 Å². The second-order valence-corrected chi connectivity index (χ2v) is 4.49. The Bertz CT molecular complexity index is 643. The predicted molar refractivity (Wildman–Crippen MR) is 72.2 cm³/mol. The van der Waals surface area contributed by atoms with Gasteiger partial charge in [0.2, 0.25) is 0 Å². The zero-order chi connectivity index (χ0) is 14.0. The first kappa shape index (κ1) is 13.4. The van der Waals surface area contributed by atoms with Crippen molar-refractivity contribution in [2.45, 2.75) is 6.92 Å². The molecule has 0 aliphatic carbocycles. The maximum atomic E-state index is 13.5. The van der Waals surface area contributed by atoms with Crippen LogP contribution in [-0.4, -0.2) is 11.0 Å². The molecule has 0 saturated carbocycles. The van der Waals surface area contributed by atoms with Gasteiger partial charge in [0.1, 0.15) is 11.6 Å². The lowest BCUT2D eigenvalue weighted by atomic mass is 10.1. The summed E-state index contributed by atoms with van der Waals surface area (Å²) in [4.78, 5) is 11.9. The van der Waals surface area contributed by atoms with Crippen molar-refractivity contribution >= 4 is 23.2 Å².